The van der Waals surface area contributed by atoms with Crippen LogP contribution < -0.4 is 10.6 Å². The third-order valence-electron chi connectivity index (χ3n) is 15.5. The van der Waals surface area contributed by atoms with E-state index in [2.05, 4.69) is 38.3 Å². The van der Waals surface area contributed by atoms with Gasteiger partial charge >= 0.3 is 0 Å². The molecule has 6 rings (SSSR count). The van der Waals surface area contributed by atoms with Gasteiger partial charge in [-0.15, -0.1) is 0 Å². The van der Waals surface area contributed by atoms with Gasteiger partial charge in [-0.2, -0.15) is 0 Å². The lowest BCUT2D eigenvalue weighted by molar-refractivity contribution is -0.146. The quantitative estimate of drug-likeness (QED) is 0.172. The molecule has 0 aromatic carbocycles. The minimum Gasteiger partial charge on any atom is -0.383 e. The van der Waals surface area contributed by atoms with Crippen LogP contribution in [0.2, 0.25) is 0 Å². The highest BCUT2D eigenvalue weighted by atomic mass is 16.3. The van der Waals surface area contributed by atoms with Crippen molar-refractivity contribution in [1.82, 2.24) is 20.4 Å². The molecule has 0 aromatic heterocycles. The summed E-state index contributed by atoms with van der Waals surface area (Å²) in [5.41, 5.74) is -0.325. The number of hydrogen-bond donors (Lipinski definition) is 3. The zero-order chi connectivity index (χ0) is 43.8. The molecule has 0 aromatic rings. The number of aliphatic hydroxyl groups is 1. The van der Waals surface area contributed by atoms with E-state index in [0.29, 0.717) is 49.6 Å². The van der Waals surface area contributed by atoms with Gasteiger partial charge < -0.3 is 25.5 Å². The number of carbonyl (C=O) groups is 7. The van der Waals surface area contributed by atoms with Crippen LogP contribution in [0.3, 0.4) is 0 Å². The first kappa shape index (κ1) is 51.2. The summed E-state index contributed by atoms with van der Waals surface area (Å²) < 4.78 is 0. The first-order chi connectivity index (χ1) is 26.5. The third-order valence-corrected chi connectivity index (χ3v) is 15.5. The molecule has 12 heteroatoms. The molecule has 342 valence electrons. The number of likely N-dealkylation sites (tertiary alicyclic amines) is 2. The molecule has 4 amide bonds. The number of nitrogens with one attached hydrogen (secondary N) is 2. The van der Waals surface area contributed by atoms with E-state index in [-0.39, 0.29) is 89.6 Å². The molecule has 0 bridgehead atoms. The number of carbonyl (C=O) groups excluding carboxylic acids is 7. The summed E-state index contributed by atoms with van der Waals surface area (Å²) in [5, 5.41) is 16.2. The van der Waals surface area contributed by atoms with Crippen molar-refractivity contribution in [2.45, 2.75) is 181 Å². The maximum Gasteiger partial charge on any atom is 0.243 e. The Morgan fingerprint density at radius 2 is 1.02 bits per heavy atom. The standard InChI is InChI=1S/C23H38N2O4.C23H36N2O4.2CH4/c2*1-12(22(3,4)5)21(29)25-11-15-17(23(15,6)7)18(25)20(28)24-16(10-14-8-9-14)19(27)13(2)26;;/h12,14-19,27H,8-11H2,1-7H3,(H,24,28);12,14-18H,8-11H2,1-7H3,(H,24,28);2*1H4/t12-,15+,16?,17+,18+,19?;12-,15+,16?,17+,18+;;/m11../s1. The summed E-state index contributed by atoms with van der Waals surface area (Å²) >= 11 is 0. The molecule has 12 nitrogen and oxygen atoms in total. The van der Waals surface area contributed by atoms with Crippen LogP contribution >= 0.6 is 0 Å². The Labute approximate surface area is 361 Å². The molecule has 60 heavy (non-hydrogen) atoms. The minimum atomic E-state index is -1.19. The maximum absolute atomic E-state index is 13.4. The van der Waals surface area contributed by atoms with E-state index < -0.39 is 41.8 Å². The number of ketones is 3. The summed E-state index contributed by atoms with van der Waals surface area (Å²) in [6.45, 7) is 28.5. The van der Waals surface area contributed by atoms with Gasteiger partial charge in [-0.25, -0.2) is 0 Å². The lowest BCUT2D eigenvalue weighted by Gasteiger charge is -2.36. The van der Waals surface area contributed by atoms with Crippen molar-refractivity contribution in [1.29, 1.82) is 0 Å². The number of rotatable bonds is 14. The second-order valence-corrected chi connectivity index (χ2v) is 22.5. The van der Waals surface area contributed by atoms with Crippen LogP contribution in [0.15, 0.2) is 0 Å². The van der Waals surface area contributed by atoms with Gasteiger partial charge in [0.2, 0.25) is 29.4 Å². The molecule has 0 spiro atoms. The fraction of sp³-hybridized carbons (Fsp3) is 0.854. The maximum atomic E-state index is 13.4. The van der Waals surface area contributed by atoms with Crippen LogP contribution in [0.1, 0.15) is 150 Å². The van der Waals surface area contributed by atoms with E-state index in [1.807, 2.05) is 55.4 Å². The summed E-state index contributed by atoms with van der Waals surface area (Å²) in [6.07, 6.45) is 4.15. The van der Waals surface area contributed by atoms with Crippen molar-refractivity contribution < 1.29 is 38.7 Å². The first-order valence-corrected chi connectivity index (χ1v) is 22.0. The predicted octanol–water partition coefficient (Wildman–Crippen LogP) is 6.25. The van der Waals surface area contributed by atoms with Crippen LogP contribution in [-0.2, 0) is 33.6 Å². The molecule has 2 heterocycles. The van der Waals surface area contributed by atoms with Crippen LogP contribution in [0, 0.1) is 69.0 Å². The normalized spacial score (nSPS) is 29.2. The molecule has 4 saturated carbocycles. The van der Waals surface area contributed by atoms with Gasteiger partial charge in [0, 0.05) is 31.8 Å². The van der Waals surface area contributed by atoms with Gasteiger partial charge in [0.05, 0.1) is 12.1 Å². The van der Waals surface area contributed by atoms with Gasteiger partial charge in [0.15, 0.2) is 11.6 Å². The van der Waals surface area contributed by atoms with Crippen LogP contribution in [0.4, 0.5) is 0 Å². The van der Waals surface area contributed by atoms with Gasteiger partial charge in [-0.05, 0) is 76.9 Å². The Kier molecular flexibility index (Phi) is 15.3. The van der Waals surface area contributed by atoms with E-state index in [1.54, 1.807) is 9.80 Å². The molecule has 6 fully saturated rings. The van der Waals surface area contributed by atoms with Crippen molar-refractivity contribution >= 4 is 41.0 Å². The molecular formula is C48H82N4O8. The second-order valence-electron chi connectivity index (χ2n) is 22.5. The molecule has 2 aliphatic heterocycles. The Bertz CT molecular complexity index is 1670. The summed E-state index contributed by atoms with van der Waals surface area (Å²) in [6, 6.07) is -2.43. The Hall–Kier alpha value is -3.15. The summed E-state index contributed by atoms with van der Waals surface area (Å²) in [4.78, 5) is 92.5. The summed E-state index contributed by atoms with van der Waals surface area (Å²) in [7, 11) is 0. The summed E-state index contributed by atoms with van der Waals surface area (Å²) in [5.74, 6) is -0.542. The van der Waals surface area contributed by atoms with Crippen molar-refractivity contribution in [3.8, 4) is 0 Å². The largest absolute Gasteiger partial charge is 0.383 e. The second kappa shape index (κ2) is 17.9. The van der Waals surface area contributed by atoms with Crippen molar-refractivity contribution in [3.63, 3.8) is 0 Å². The SMILES string of the molecule is C.C.CC(=O)C(=O)C(CC1CC1)NC(=O)[C@@H]1[C@@H]2[C@H](CN1C(=O)[C@@H](C)C(C)(C)C)C2(C)C.CC(=O)C(O)C(CC1CC1)NC(=O)[C@@H]1[C@@H]2[C@H](CN1C(=O)[C@@H](C)C(C)(C)C)C2(C)C. The topological polar surface area (TPSA) is 170 Å². The monoisotopic (exact) mass is 843 g/mol. The van der Waals surface area contributed by atoms with Gasteiger partial charge in [-0.1, -0.05) is 124 Å². The minimum absolute atomic E-state index is 0. The highest BCUT2D eigenvalue weighted by Crippen LogP contribution is 2.66. The Morgan fingerprint density at radius 3 is 1.35 bits per heavy atom. The number of hydrogen-bond acceptors (Lipinski definition) is 8. The Morgan fingerprint density at radius 1 is 0.650 bits per heavy atom. The number of amides is 4. The predicted molar refractivity (Wildman–Crippen MR) is 234 cm³/mol. The highest BCUT2D eigenvalue weighted by Gasteiger charge is 2.71. The average molecular weight is 843 g/mol. The molecule has 3 N–H and O–H groups in total. The Balaban J connectivity index is 0.000000310. The molecule has 6 aliphatic rings. The van der Waals surface area contributed by atoms with Crippen molar-refractivity contribution in [2.75, 3.05) is 13.1 Å². The molecule has 4 aliphatic carbocycles. The van der Waals surface area contributed by atoms with Crippen molar-refractivity contribution in [3.05, 3.63) is 0 Å². The average Bonchev–Trinajstić information content (AvgIpc) is 4.09. The first-order valence-electron chi connectivity index (χ1n) is 22.0. The molecule has 2 saturated heterocycles. The third kappa shape index (κ3) is 10.5. The fourth-order valence-corrected chi connectivity index (χ4v) is 9.82. The zero-order valence-corrected chi connectivity index (χ0v) is 37.9. The number of nitrogens with zero attached hydrogens (tertiary/aromatic N) is 2. The lowest BCUT2D eigenvalue weighted by Crippen LogP contribution is -2.56. The van der Waals surface area contributed by atoms with Gasteiger partial charge in [-0.3, -0.25) is 33.6 Å². The number of aliphatic hydroxyl groups excluding tert-OH is 1. The van der Waals surface area contributed by atoms with Crippen molar-refractivity contribution in [2.24, 2.45) is 69.0 Å². The fourth-order valence-electron chi connectivity index (χ4n) is 9.82. The van der Waals surface area contributed by atoms with E-state index in [4.69, 9.17) is 0 Å². The molecule has 0 radical (unpaired) electrons. The van der Waals surface area contributed by atoms with Crippen LogP contribution in [-0.4, -0.2) is 99.2 Å². The van der Waals surface area contributed by atoms with E-state index in [1.165, 1.54) is 13.8 Å². The zero-order valence-electron chi connectivity index (χ0n) is 37.9. The van der Waals surface area contributed by atoms with Gasteiger partial charge in [0.25, 0.3) is 0 Å². The van der Waals surface area contributed by atoms with E-state index in [0.717, 1.165) is 25.7 Å². The van der Waals surface area contributed by atoms with E-state index >= 15 is 0 Å². The number of fused-ring (bicyclic) bond motifs is 2. The highest BCUT2D eigenvalue weighted by molar-refractivity contribution is 6.38. The lowest BCUT2D eigenvalue weighted by atomic mass is 9.81. The van der Waals surface area contributed by atoms with Crippen LogP contribution in [0.5, 0.6) is 0 Å². The molecule has 3 unspecified atom stereocenters. The molecule has 11 atom stereocenters. The van der Waals surface area contributed by atoms with Gasteiger partial charge in [0.1, 0.15) is 18.2 Å². The molecular weight excluding hydrogens is 761 g/mol. The number of Topliss-reactive ketones (excluding diaryl/α,β-unsaturated/α-hetero) is 3. The number of piperidine rings is 2. The smallest absolute Gasteiger partial charge is 0.243 e. The van der Waals surface area contributed by atoms with E-state index in [9.17, 15) is 38.7 Å². The van der Waals surface area contributed by atoms with Crippen LogP contribution in [0.25, 0.3) is 0 Å².